The molecule has 3 aromatic rings. The molecule has 5 heteroatoms. The highest BCUT2D eigenvalue weighted by molar-refractivity contribution is 6.31. The summed E-state index contributed by atoms with van der Waals surface area (Å²) in [4.78, 5) is 15.4. The van der Waals surface area contributed by atoms with Crippen LogP contribution in [-0.2, 0) is 0 Å². The van der Waals surface area contributed by atoms with E-state index < -0.39 is 0 Å². The molecule has 100 valence electrons. The Hall–Kier alpha value is -2.33. The molecule has 0 saturated heterocycles. The van der Waals surface area contributed by atoms with Crippen molar-refractivity contribution in [2.45, 2.75) is 0 Å². The Morgan fingerprint density at radius 2 is 2.00 bits per heavy atom. The fraction of sp³-hybridized carbons (Fsp3) is 0. The fourth-order valence-electron chi connectivity index (χ4n) is 2.19. The van der Waals surface area contributed by atoms with Crippen LogP contribution in [0.2, 0.25) is 5.02 Å². The molecule has 3 N–H and O–H groups in total. The van der Waals surface area contributed by atoms with Crippen molar-refractivity contribution in [3.8, 4) is 0 Å². The second-order valence-electron chi connectivity index (χ2n) is 4.49. The number of ketones is 1. The molecule has 2 aromatic carbocycles. The number of anilines is 1. The SMILES string of the molecule is Nc1cc(Cl)cc(C(=O)c2c[nH]c3cc(F)ccc23)c1. The van der Waals surface area contributed by atoms with Crippen LogP contribution in [0.3, 0.4) is 0 Å². The third kappa shape index (κ3) is 2.14. The van der Waals surface area contributed by atoms with Gasteiger partial charge in [0.2, 0.25) is 0 Å². The summed E-state index contributed by atoms with van der Waals surface area (Å²) in [6, 6.07) is 8.93. The Kier molecular flexibility index (Phi) is 2.95. The molecule has 0 saturated carbocycles. The minimum Gasteiger partial charge on any atom is -0.399 e. The Bertz CT molecular complexity index is 806. The van der Waals surface area contributed by atoms with Gasteiger partial charge in [0, 0.05) is 38.9 Å². The first-order valence-corrected chi connectivity index (χ1v) is 6.30. The number of fused-ring (bicyclic) bond motifs is 1. The molecular formula is C15H10ClFN2O. The highest BCUT2D eigenvalue weighted by Crippen LogP contribution is 2.24. The molecule has 0 aliphatic heterocycles. The molecule has 0 radical (unpaired) electrons. The van der Waals surface area contributed by atoms with Crippen molar-refractivity contribution in [3.05, 3.63) is 64.6 Å². The number of H-pyrrole nitrogens is 1. The quantitative estimate of drug-likeness (QED) is 0.557. The number of halogens is 2. The molecule has 1 aromatic heterocycles. The van der Waals surface area contributed by atoms with E-state index >= 15 is 0 Å². The van der Waals surface area contributed by atoms with E-state index in [0.29, 0.717) is 32.7 Å². The highest BCUT2D eigenvalue weighted by atomic mass is 35.5. The number of carbonyl (C=O) groups is 1. The number of benzene rings is 2. The summed E-state index contributed by atoms with van der Waals surface area (Å²) in [6.45, 7) is 0. The highest BCUT2D eigenvalue weighted by Gasteiger charge is 2.15. The molecule has 0 aliphatic rings. The molecular weight excluding hydrogens is 279 g/mol. The first kappa shape index (κ1) is 12.7. The van der Waals surface area contributed by atoms with Gasteiger partial charge in [-0.2, -0.15) is 0 Å². The predicted molar refractivity (Wildman–Crippen MR) is 77.6 cm³/mol. The summed E-state index contributed by atoms with van der Waals surface area (Å²) in [5.41, 5.74) is 7.55. The molecule has 3 rings (SSSR count). The van der Waals surface area contributed by atoms with E-state index in [-0.39, 0.29) is 11.6 Å². The van der Waals surface area contributed by atoms with Crippen LogP contribution in [0.4, 0.5) is 10.1 Å². The van der Waals surface area contributed by atoms with Gasteiger partial charge in [0.1, 0.15) is 5.82 Å². The largest absolute Gasteiger partial charge is 0.399 e. The van der Waals surface area contributed by atoms with Crippen molar-refractivity contribution < 1.29 is 9.18 Å². The van der Waals surface area contributed by atoms with Crippen LogP contribution in [0, 0.1) is 5.82 Å². The van der Waals surface area contributed by atoms with Crippen LogP contribution in [0.25, 0.3) is 10.9 Å². The van der Waals surface area contributed by atoms with Gasteiger partial charge in [-0.25, -0.2) is 4.39 Å². The predicted octanol–water partition coefficient (Wildman–Crippen LogP) is 3.77. The van der Waals surface area contributed by atoms with E-state index in [1.54, 1.807) is 30.5 Å². The minimum atomic E-state index is -0.356. The van der Waals surface area contributed by atoms with Crippen LogP contribution in [0.1, 0.15) is 15.9 Å². The van der Waals surface area contributed by atoms with E-state index in [1.165, 1.54) is 12.1 Å². The number of carbonyl (C=O) groups excluding carboxylic acids is 1. The lowest BCUT2D eigenvalue weighted by atomic mass is 10.0. The minimum absolute atomic E-state index is 0.211. The van der Waals surface area contributed by atoms with E-state index in [0.717, 1.165) is 0 Å². The van der Waals surface area contributed by atoms with Crippen LogP contribution in [0.5, 0.6) is 0 Å². The number of nitrogen functional groups attached to an aromatic ring is 1. The van der Waals surface area contributed by atoms with Gasteiger partial charge in [-0.1, -0.05) is 11.6 Å². The summed E-state index contributed by atoms with van der Waals surface area (Å²) >= 11 is 5.90. The van der Waals surface area contributed by atoms with Crippen molar-refractivity contribution in [1.82, 2.24) is 4.98 Å². The summed E-state index contributed by atoms with van der Waals surface area (Å²) in [7, 11) is 0. The number of rotatable bonds is 2. The molecule has 0 fully saturated rings. The van der Waals surface area contributed by atoms with E-state index in [9.17, 15) is 9.18 Å². The Labute approximate surface area is 119 Å². The molecule has 0 spiro atoms. The Morgan fingerprint density at radius 3 is 2.75 bits per heavy atom. The Morgan fingerprint density at radius 1 is 1.20 bits per heavy atom. The molecule has 0 atom stereocenters. The smallest absolute Gasteiger partial charge is 0.195 e. The number of nitrogens with two attached hydrogens (primary N) is 1. The fourth-order valence-corrected chi connectivity index (χ4v) is 2.43. The molecule has 20 heavy (non-hydrogen) atoms. The number of nitrogens with one attached hydrogen (secondary N) is 1. The van der Waals surface area contributed by atoms with Gasteiger partial charge in [0.25, 0.3) is 0 Å². The van der Waals surface area contributed by atoms with E-state index in [4.69, 9.17) is 17.3 Å². The second-order valence-corrected chi connectivity index (χ2v) is 4.93. The number of hydrogen-bond donors (Lipinski definition) is 2. The first-order valence-electron chi connectivity index (χ1n) is 5.92. The summed E-state index contributed by atoms with van der Waals surface area (Å²) in [5, 5.41) is 1.06. The van der Waals surface area contributed by atoms with Crippen LogP contribution in [0.15, 0.2) is 42.6 Å². The van der Waals surface area contributed by atoms with Gasteiger partial charge >= 0.3 is 0 Å². The van der Waals surface area contributed by atoms with E-state index in [1.807, 2.05) is 0 Å². The van der Waals surface area contributed by atoms with Crippen LogP contribution >= 0.6 is 11.6 Å². The Balaban J connectivity index is 2.12. The average molecular weight is 289 g/mol. The van der Waals surface area contributed by atoms with Crippen molar-refractivity contribution in [2.75, 3.05) is 5.73 Å². The lowest BCUT2D eigenvalue weighted by molar-refractivity contribution is 0.104. The van der Waals surface area contributed by atoms with Crippen molar-refractivity contribution in [1.29, 1.82) is 0 Å². The number of aromatic amines is 1. The normalized spacial score (nSPS) is 10.9. The van der Waals surface area contributed by atoms with Gasteiger partial charge in [-0.15, -0.1) is 0 Å². The number of aromatic nitrogens is 1. The van der Waals surface area contributed by atoms with Gasteiger partial charge in [0.05, 0.1) is 0 Å². The van der Waals surface area contributed by atoms with E-state index in [2.05, 4.69) is 4.98 Å². The van der Waals surface area contributed by atoms with Gasteiger partial charge in [-0.3, -0.25) is 4.79 Å². The zero-order valence-electron chi connectivity index (χ0n) is 10.3. The van der Waals surface area contributed by atoms with Crippen molar-refractivity contribution >= 4 is 34.0 Å². The molecule has 1 heterocycles. The van der Waals surface area contributed by atoms with Crippen LogP contribution < -0.4 is 5.73 Å². The van der Waals surface area contributed by atoms with Gasteiger partial charge in [-0.05, 0) is 36.4 Å². The van der Waals surface area contributed by atoms with Crippen molar-refractivity contribution in [2.24, 2.45) is 0 Å². The second kappa shape index (κ2) is 4.65. The topological polar surface area (TPSA) is 58.9 Å². The zero-order valence-corrected chi connectivity index (χ0v) is 11.0. The van der Waals surface area contributed by atoms with Crippen molar-refractivity contribution in [3.63, 3.8) is 0 Å². The zero-order chi connectivity index (χ0) is 14.3. The van der Waals surface area contributed by atoms with Gasteiger partial charge in [0.15, 0.2) is 5.78 Å². The third-order valence-corrected chi connectivity index (χ3v) is 3.29. The molecule has 0 unspecified atom stereocenters. The first-order chi connectivity index (χ1) is 9.54. The molecule has 3 nitrogen and oxygen atoms in total. The standard InChI is InChI=1S/C15H10ClFN2O/c16-9-3-8(4-11(18)5-9)15(20)13-7-19-14-6-10(17)1-2-12(13)14/h1-7,19H,18H2. The molecule has 0 aliphatic carbocycles. The molecule has 0 amide bonds. The maximum atomic E-state index is 13.1. The summed E-state index contributed by atoms with van der Waals surface area (Å²) in [5.74, 6) is -0.567. The van der Waals surface area contributed by atoms with Crippen LogP contribution in [-0.4, -0.2) is 10.8 Å². The monoisotopic (exact) mass is 288 g/mol. The third-order valence-electron chi connectivity index (χ3n) is 3.07. The maximum absolute atomic E-state index is 13.1. The lowest BCUT2D eigenvalue weighted by Gasteiger charge is -2.02. The lowest BCUT2D eigenvalue weighted by Crippen LogP contribution is -2.01. The summed E-state index contributed by atoms with van der Waals surface area (Å²) in [6.07, 6.45) is 1.56. The summed E-state index contributed by atoms with van der Waals surface area (Å²) < 4.78 is 13.1. The average Bonchev–Trinajstić information content (AvgIpc) is 2.79. The van der Waals surface area contributed by atoms with Gasteiger partial charge < -0.3 is 10.7 Å². The molecule has 0 bridgehead atoms. The number of hydrogen-bond acceptors (Lipinski definition) is 2. The maximum Gasteiger partial charge on any atom is 0.195 e.